The predicted octanol–water partition coefficient (Wildman–Crippen LogP) is 0.819. The fourth-order valence-corrected chi connectivity index (χ4v) is 2.83. The van der Waals surface area contributed by atoms with Crippen LogP contribution in [0.2, 0.25) is 0 Å². The number of carbonyl (C=O) groups is 1. The minimum absolute atomic E-state index is 0.0107. The smallest absolute Gasteiger partial charge is 0.229 e. The summed E-state index contributed by atoms with van der Waals surface area (Å²) in [5, 5.41) is 0. The van der Waals surface area contributed by atoms with E-state index in [9.17, 15) is 4.79 Å². The quantitative estimate of drug-likeness (QED) is 0.754. The molecule has 0 aliphatic carbocycles. The van der Waals surface area contributed by atoms with Gasteiger partial charge in [0.05, 0.1) is 11.9 Å². The minimum atomic E-state index is 0.0107. The van der Waals surface area contributed by atoms with Gasteiger partial charge >= 0.3 is 0 Å². The Hall–Kier alpha value is -2.06. The average molecular weight is 284 g/mol. The Kier molecular flexibility index (Phi) is 3.80. The summed E-state index contributed by atoms with van der Waals surface area (Å²) in [4.78, 5) is 22.7. The molecule has 1 unspecified atom stereocenters. The number of hydrogen-bond donors (Lipinski definition) is 0. The third-order valence-electron chi connectivity index (χ3n) is 4.24. The Morgan fingerprint density at radius 3 is 2.62 bits per heavy atom. The van der Waals surface area contributed by atoms with Gasteiger partial charge in [-0.25, -0.2) is 4.98 Å². The SMILES string of the molecule is C#CC1CC(=O)N(c2ccc(N3CCN(C)CC3)cn2)C1. The molecular formula is C16H20N4O. The van der Waals surface area contributed by atoms with Crippen molar-refractivity contribution in [2.24, 2.45) is 5.92 Å². The van der Waals surface area contributed by atoms with Crippen molar-refractivity contribution < 1.29 is 4.79 Å². The van der Waals surface area contributed by atoms with Crippen molar-refractivity contribution in [1.82, 2.24) is 9.88 Å². The fourth-order valence-electron chi connectivity index (χ4n) is 2.83. The molecule has 5 heteroatoms. The lowest BCUT2D eigenvalue weighted by Gasteiger charge is -2.33. The van der Waals surface area contributed by atoms with E-state index in [4.69, 9.17) is 6.42 Å². The molecule has 110 valence electrons. The van der Waals surface area contributed by atoms with Gasteiger partial charge < -0.3 is 9.80 Å². The zero-order valence-electron chi connectivity index (χ0n) is 12.3. The molecule has 21 heavy (non-hydrogen) atoms. The van der Waals surface area contributed by atoms with Crippen molar-refractivity contribution in [1.29, 1.82) is 0 Å². The summed E-state index contributed by atoms with van der Waals surface area (Å²) >= 11 is 0. The summed E-state index contributed by atoms with van der Waals surface area (Å²) < 4.78 is 0. The number of rotatable bonds is 2. The van der Waals surface area contributed by atoms with Crippen molar-refractivity contribution in [3.63, 3.8) is 0 Å². The second-order valence-corrected chi connectivity index (χ2v) is 5.74. The van der Waals surface area contributed by atoms with E-state index in [1.807, 2.05) is 18.3 Å². The van der Waals surface area contributed by atoms with Crippen LogP contribution < -0.4 is 9.80 Å². The maximum atomic E-state index is 11.9. The number of anilines is 2. The Bertz CT molecular complexity index is 555. The molecule has 0 aromatic carbocycles. The van der Waals surface area contributed by atoms with E-state index in [-0.39, 0.29) is 11.8 Å². The average Bonchev–Trinajstić information content (AvgIpc) is 2.89. The number of nitrogens with zero attached hydrogens (tertiary/aromatic N) is 4. The predicted molar refractivity (Wildman–Crippen MR) is 83.2 cm³/mol. The minimum Gasteiger partial charge on any atom is -0.368 e. The largest absolute Gasteiger partial charge is 0.368 e. The van der Waals surface area contributed by atoms with E-state index in [0.29, 0.717) is 18.8 Å². The molecule has 1 aromatic heterocycles. The van der Waals surface area contributed by atoms with Gasteiger partial charge in [-0.3, -0.25) is 9.69 Å². The highest BCUT2D eigenvalue weighted by molar-refractivity contribution is 5.95. The number of terminal acetylenes is 1. The molecule has 2 aliphatic heterocycles. The lowest BCUT2D eigenvalue weighted by atomic mass is 10.1. The maximum Gasteiger partial charge on any atom is 0.229 e. The monoisotopic (exact) mass is 284 g/mol. The van der Waals surface area contributed by atoms with Crippen LogP contribution in [0.3, 0.4) is 0 Å². The van der Waals surface area contributed by atoms with Crippen molar-refractivity contribution >= 4 is 17.4 Å². The first-order valence-corrected chi connectivity index (χ1v) is 7.33. The van der Waals surface area contributed by atoms with E-state index in [0.717, 1.165) is 31.9 Å². The first kappa shape index (κ1) is 13.9. The van der Waals surface area contributed by atoms with Crippen LogP contribution in [0.4, 0.5) is 11.5 Å². The third kappa shape index (κ3) is 2.86. The molecule has 2 fully saturated rings. The number of piperazine rings is 1. The van der Waals surface area contributed by atoms with Crippen LogP contribution >= 0.6 is 0 Å². The van der Waals surface area contributed by atoms with Crippen molar-refractivity contribution in [3.8, 4) is 12.3 Å². The van der Waals surface area contributed by atoms with Crippen LogP contribution in [0.1, 0.15) is 6.42 Å². The van der Waals surface area contributed by atoms with Crippen molar-refractivity contribution in [2.75, 3.05) is 49.6 Å². The first-order valence-electron chi connectivity index (χ1n) is 7.33. The van der Waals surface area contributed by atoms with Crippen LogP contribution in [0.5, 0.6) is 0 Å². The van der Waals surface area contributed by atoms with E-state index in [2.05, 4.69) is 27.8 Å². The highest BCUT2D eigenvalue weighted by Gasteiger charge is 2.30. The van der Waals surface area contributed by atoms with E-state index in [1.54, 1.807) is 4.90 Å². The summed E-state index contributed by atoms with van der Waals surface area (Å²) in [7, 11) is 2.14. The summed E-state index contributed by atoms with van der Waals surface area (Å²) in [5.41, 5.74) is 1.12. The van der Waals surface area contributed by atoms with Gasteiger partial charge in [-0.2, -0.15) is 0 Å². The van der Waals surface area contributed by atoms with Gasteiger partial charge in [-0.1, -0.05) is 0 Å². The number of likely N-dealkylation sites (N-methyl/N-ethyl adjacent to an activating group) is 1. The maximum absolute atomic E-state index is 11.9. The topological polar surface area (TPSA) is 39.7 Å². The van der Waals surface area contributed by atoms with Crippen LogP contribution in [0.15, 0.2) is 18.3 Å². The van der Waals surface area contributed by atoms with Crippen molar-refractivity contribution in [2.45, 2.75) is 6.42 Å². The lowest BCUT2D eigenvalue weighted by molar-refractivity contribution is -0.117. The highest BCUT2D eigenvalue weighted by atomic mass is 16.2. The van der Waals surface area contributed by atoms with Gasteiger partial charge in [0.1, 0.15) is 5.82 Å². The van der Waals surface area contributed by atoms with E-state index in [1.165, 1.54) is 0 Å². The second kappa shape index (κ2) is 5.74. The third-order valence-corrected chi connectivity index (χ3v) is 4.24. The summed E-state index contributed by atoms with van der Waals surface area (Å²) in [6.07, 6.45) is 7.70. The van der Waals surface area contributed by atoms with Crippen molar-refractivity contribution in [3.05, 3.63) is 18.3 Å². The molecule has 0 saturated carbocycles. The molecule has 1 amide bonds. The van der Waals surface area contributed by atoms with Gasteiger partial charge in [0.2, 0.25) is 5.91 Å². The Morgan fingerprint density at radius 1 is 1.29 bits per heavy atom. The molecule has 1 atom stereocenters. The molecule has 5 nitrogen and oxygen atoms in total. The second-order valence-electron chi connectivity index (χ2n) is 5.74. The highest BCUT2D eigenvalue weighted by Crippen LogP contribution is 2.25. The van der Waals surface area contributed by atoms with Gasteiger partial charge in [-0.15, -0.1) is 12.3 Å². The number of hydrogen-bond acceptors (Lipinski definition) is 4. The molecule has 0 spiro atoms. The normalized spacial score (nSPS) is 23.4. The standard InChI is InChI=1S/C16H20N4O/c1-3-13-10-16(21)20(12-13)15-5-4-14(11-17-15)19-8-6-18(2)7-9-19/h1,4-5,11,13H,6-10,12H2,2H3. The molecular weight excluding hydrogens is 264 g/mol. The summed E-state index contributed by atoms with van der Waals surface area (Å²) in [5.74, 6) is 3.44. The Balaban J connectivity index is 1.70. The summed E-state index contributed by atoms with van der Waals surface area (Å²) in [6, 6.07) is 3.97. The molecule has 0 bridgehead atoms. The van der Waals surface area contributed by atoms with Gasteiger partial charge in [-0.05, 0) is 19.2 Å². The molecule has 2 saturated heterocycles. The van der Waals surface area contributed by atoms with Gasteiger partial charge in [0, 0.05) is 45.1 Å². The van der Waals surface area contributed by atoms with Crippen LogP contribution in [-0.4, -0.2) is 55.6 Å². The fraction of sp³-hybridized carbons (Fsp3) is 0.500. The van der Waals surface area contributed by atoms with Gasteiger partial charge in [0.25, 0.3) is 0 Å². The molecule has 0 N–H and O–H groups in total. The Morgan fingerprint density at radius 2 is 2.05 bits per heavy atom. The van der Waals surface area contributed by atoms with E-state index < -0.39 is 0 Å². The zero-order chi connectivity index (χ0) is 14.8. The van der Waals surface area contributed by atoms with E-state index >= 15 is 0 Å². The molecule has 2 aliphatic rings. The first-order chi connectivity index (χ1) is 10.2. The molecule has 3 heterocycles. The number of amides is 1. The van der Waals surface area contributed by atoms with Crippen LogP contribution in [-0.2, 0) is 4.79 Å². The zero-order valence-corrected chi connectivity index (χ0v) is 12.3. The molecule has 3 rings (SSSR count). The number of aromatic nitrogens is 1. The van der Waals surface area contributed by atoms with Gasteiger partial charge in [0.15, 0.2) is 0 Å². The molecule has 0 radical (unpaired) electrons. The Labute approximate surface area is 125 Å². The lowest BCUT2D eigenvalue weighted by Crippen LogP contribution is -2.44. The number of carbonyl (C=O) groups excluding carboxylic acids is 1. The molecule has 1 aromatic rings. The number of pyridine rings is 1. The van der Waals surface area contributed by atoms with Crippen LogP contribution in [0.25, 0.3) is 0 Å². The van der Waals surface area contributed by atoms with Crippen LogP contribution in [0, 0.1) is 18.3 Å². The summed E-state index contributed by atoms with van der Waals surface area (Å²) in [6.45, 7) is 4.74.